The molecule has 6 aromatic rings. The highest BCUT2D eigenvalue weighted by atomic mass is 15.1. The van der Waals surface area contributed by atoms with Gasteiger partial charge >= 0.3 is 0 Å². The van der Waals surface area contributed by atoms with E-state index in [1.165, 1.54) is 32.8 Å². The maximum absolute atomic E-state index is 2.34. The van der Waals surface area contributed by atoms with Crippen LogP contribution in [0, 0.1) is 6.92 Å². The summed E-state index contributed by atoms with van der Waals surface area (Å²) in [4.78, 5) is 4.57. The Hall–Kier alpha value is -4.56. The quantitative estimate of drug-likeness (QED) is 0.251. The number of fused-ring (bicyclic) bond motifs is 2. The fraction of sp³-hybridized carbons (Fsp3) is 0.0588. The van der Waals surface area contributed by atoms with Gasteiger partial charge in [0.05, 0.1) is 0 Å². The van der Waals surface area contributed by atoms with Crippen LogP contribution in [-0.2, 0) is 0 Å². The smallest absolute Gasteiger partial charge is 0.0468 e. The van der Waals surface area contributed by atoms with Crippen LogP contribution in [0.3, 0.4) is 0 Å². The molecule has 2 heteroatoms. The van der Waals surface area contributed by atoms with Gasteiger partial charge in [0, 0.05) is 35.5 Å². The molecule has 0 atom stereocenters. The lowest BCUT2D eigenvalue weighted by Gasteiger charge is -2.27. The Labute approximate surface area is 212 Å². The maximum atomic E-state index is 2.34. The molecule has 36 heavy (non-hydrogen) atoms. The van der Waals surface area contributed by atoms with Crippen molar-refractivity contribution in [3.8, 4) is 0 Å². The number of hydrogen-bond donors (Lipinski definition) is 0. The Balaban J connectivity index is 1.44. The van der Waals surface area contributed by atoms with Gasteiger partial charge in [0.2, 0.25) is 0 Å². The molecule has 0 aromatic heterocycles. The summed E-state index contributed by atoms with van der Waals surface area (Å²) in [6, 6.07) is 47.9. The minimum absolute atomic E-state index is 1.13. The summed E-state index contributed by atoms with van der Waals surface area (Å²) < 4.78 is 0. The zero-order chi connectivity index (χ0) is 24.5. The fourth-order valence-electron chi connectivity index (χ4n) is 4.89. The predicted octanol–water partition coefficient (Wildman–Crippen LogP) is 9.54. The van der Waals surface area contributed by atoms with Crippen LogP contribution in [0.2, 0.25) is 0 Å². The largest absolute Gasteiger partial charge is 0.345 e. The molecule has 0 fully saturated rings. The van der Waals surface area contributed by atoms with Gasteiger partial charge < -0.3 is 9.80 Å². The molecule has 0 bridgehead atoms. The van der Waals surface area contributed by atoms with Gasteiger partial charge in [-0.05, 0) is 94.7 Å². The molecule has 0 spiro atoms. The van der Waals surface area contributed by atoms with Crippen LogP contribution < -0.4 is 9.80 Å². The first kappa shape index (κ1) is 21.9. The summed E-state index contributed by atoms with van der Waals surface area (Å²) in [5, 5.41) is 4.96. The number of benzene rings is 6. The third kappa shape index (κ3) is 4.18. The van der Waals surface area contributed by atoms with Crippen molar-refractivity contribution < 1.29 is 0 Å². The Morgan fingerprint density at radius 2 is 0.889 bits per heavy atom. The lowest BCUT2D eigenvalue weighted by molar-refractivity contribution is 1.20. The van der Waals surface area contributed by atoms with Gasteiger partial charge in [-0.2, -0.15) is 0 Å². The SMILES string of the molecule is Cc1cccc(N(C)c2ccc(N(c3ccc4ccccc4c3)c3ccc4ccccc4c3)cc2)c1. The van der Waals surface area contributed by atoms with Crippen molar-refractivity contribution >= 4 is 50.0 Å². The normalized spacial score (nSPS) is 11.1. The molecule has 0 N–H and O–H groups in total. The van der Waals surface area contributed by atoms with Gasteiger partial charge in [-0.3, -0.25) is 0 Å². The van der Waals surface area contributed by atoms with Crippen LogP contribution in [0.15, 0.2) is 133 Å². The second-order valence-electron chi connectivity index (χ2n) is 9.31. The average Bonchev–Trinajstić information content (AvgIpc) is 2.93. The van der Waals surface area contributed by atoms with E-state index in [0.717, 1.165) is 22.7 Å². The monoisotopic (exact) mass is 464 g/mol. The summed E-state index contributed by atoms with van der Waals surface area (Å²) in [5.74, 6) is 0. The second-order valence-corrected chi connectivity index (χ2v) is 9.31. The third-order valence-electron chi connectivity index (χ3n) is 6.87. The summed E-state index contributed by atoms with van der Waals surface area (Å²) in [6.07, 6.45) is 0. The van der Waals surface area contributed by atoms with Gasteiger partial charge in [-0.15, -0.1) is 0 Å². The predicted molar refractivity (Wildman–Crippen MR) is 155 cm³/mol. The van der Waals surface area contributed by atoms with Gasteiger partial charge in [-0.1, -0.05) is 72.8 Å². The van der Waals surface area contributed by atoms with Gasteiger partial charge in [0.25, 0.3) is 0 Å². The summed E-state index contributed by atoms with van der Waals surface area (Å²) in [7, 11) is 2.12. The van der Waals surface area contributed by atoms with E-state index in [-0.39, 0.29) is 0 Å². The van der Waals surface area contributed by atoms with E-state index in [1.807, 2.05) is 0 Å². The van der Waals surface area contributed by atoms with Crippen LogP contribution in [0.25, 0.3) is 21.5 Å². The van der Waals surface area contributed by atoms with E-state index in [9.17, 15) is 0 Å². The minimum atomic E-state index is 1.13. The number of rotatable bonds is 5. The van der Waals surface area contributed by atoms with E-state index in [4.69, 9.17) is 0 Å². The molecule has 0 saturated heterocycles. The molecule has 0 aliphatic carbocycles. The molecule has 174 valence electrons. The Bertz CT molecular complexity index is 1590. The Morgan fingerprint density at radius 1 is 0.389 bits per heavy atom. The zero-order valence-electron chi connectivity index (χ0n) is 20.6. The molecular formula is C34H28N2. The van der Waals surface area contributed by atoms with Crippen LogP contribution in [0.1, 0.15) is 5.56 Å². The first-order chi connectivity index (χ1) is 17.7. The van der Waals surface area contributed by atoms with E-state index < -0.39 is 0 Å². The topological polar surface area (TPSA) is 6.48 Å². The minimum Gasteiger partial charge on any atom is -0.345 e. The molecule has 6 rings (SSSR count). The number of hydrogen-bond acceptors (Lipinski definition) is 2. The first-order valence-corrected chi connectivity index (χ1v) is 12.3. The number of anilines is 5. The van der Waals surface area contributed by atoms with Crippen molar-refractivity contribution in [3.63, 3.8) is 0 Å². The summed E-state index contributed by atoms with van der Waals surface area (Å²) >= 11 is 0. The number of nitrogens with zero attached hydrogens (tertiary/aromatic N) is 2. The summed E-state index contributed by atoms with van der Waals surface area (Å²) in [5.41, 5.74) is 7.01. The average molecular weight is 465 g/mol. The highest BCUT2D eigenvalue weighted by Gasteiger charge is 2.14. The fourth-order valence-corrected chi connectivity index (χ4v) is 4.89. The Morgan fingerprint density at radius 3 is 1.44 bits per heavy atom. The molecule has 0 aliphatic rings. The van der Waals surface area contributed by atoms with E-state index in [2.05, 4.69) is 157 Å². The lowest BCUT2D eigenvalue weighted by Crippen LogP contribution is -2.12. The van der Waals surface area contributed by atoms with Crippen molar-refractivity contribution in [2.75, 3.05) is 16.8 Å². The molecule has 0 radical (unpaired) electrons. The van der Waals surface area contributed by atoms with Crippen molar-refractivity contribution in [2.45, 2.75) is 6.92 Å². The maximum Gasteiger partial charge on any atom is 0.0468 e. The van der Waals surface area contributed by atoms with E-state index in [0.29, 0.717) is 0 Å². The van der Waals surface area contributed by atoms with Gasteiger partial charge in [0.1, 0.15) is 0 Å². The van der Waals surface area contributed by atoms with E-state index in [1.54, 1.807) is 0 Å². The van der Waals surface area contributed by atoms with Crippen molar-refractivity contribution in [2.24, 2.45) is 0 Å². The molecular weight excluding hydrogens is 436 g/mol. The molecule has 0 aliphatic heterocycles. The van der Waals surface area contributed by atoms with Crippen molar-refractivity contribution in [1.29, 1.82) is 0 Å². The van der Waals surface area contributed by atoms with Crippen LogP contribution in [0.4, 0.5) is 28.4 Å². The molecule has 0 heterocycles. The standard InChI is InChI=1S/C34H28N2/c1-25-8-7-13-32(22-25)35(2)30-18-20-31(21-19-30)36(33-16-14-26-9-3-5-11-28(26)23-33)34-17-15-27-10-4-6-12-29(27)24-34/h3-24H,1-2H3. The Kier molecular flexibility index (Phi) is 5.63. The zero-order valence-corrected chi connectivity index (χ0v) is 20.6. The lowest BCUT2D eigenvalue weighted by atomic mass is 10.1. The van der Waals surface area contributed by atoms with Crippen molar-refractivity contribution in [1.82, 2.24) is 0 Å². The van der Waals surface area contributed by atoms with Gasteiger partial charge in [0.15, 0.2) is 0 Å². The van der Waals surface area contributed by atoms with Crippen LogP contribution in [0.5, 0.6) is 0 Å². The molecule has 0 amide bonds. The summed E-state index contributed by atoms with van der Waals surface area (Å²) in [6.45, 7) is 2.13. The molecule has 0 saturated carbocycles. The van der Waals surface area contributed by atoms with E-state index >= 15 is 0 Å². The van der Waals surface area contributed by atoms with Crippen LogP contribution >= 0.6 is 0 Å². The van der Waals surface area contributed by atoms with Crippen molar-refractivity contribution in [3.05, 3.63) is 139 Å². The van der Waals surface area contributed by atoms with Crippen LogP contribution in [-0.4, -0.2) is 7.05 Å². The first-order valence-electron chi connectivity index (χ1n) is 12.3. The molecule has 6 aromatic carbocycles. The number of aryl methyl sites for hydroxylation is 1. The molecule has 0 unspecified atom stereocenters. The molecule has 2 nitrogen and oxygen atoms in total. The van der Waals surface area contributed by atoms with Gasteiger partial charge in [-0.25, -0.2) is 0 Å². The highest BCUT2D eigenvalue weighted by Crippen LogP contribution is 2.38. The highest BCUT2D eigenvalue weighted by molar-refractivity contribution is 5.92. The second kappa shape index (κ2) is 9.24. The third-order valence-corrected chi connectivity index (χ3v) is 6.87.